The SMILES string of the molecule is Cc1ccc2c(n1)oc1c(-c3ccccn3)[c-]ccc12.Cc1ccc2c(n1)oc1c(N3C=CN(CCCCN4C=CN(c5[c-]ccc6c5oc5nc(C)ccc56)[CH-]4)[CH-]3)[c-]ccc12.[Ir]. The number of benzene rings is 3. The van der Waals surface area contributed by atoms with Crippen LogP contribution in [0, 0.1) is 52.3 Å². The molecule has 0 bridgehead atoms. The van der Waals surface area contributed by atoms with Gasteiger partial charge in [-0.1, -0.05) is 45.2 Å². The van der Waals surface area contributed by atoms with Crippen molar-refractivity contribution < 1.29 is 33.4 Å². The molecule has 0 saturated carbocycles. The van der Waals surface area contributed by atoms with E-state index in [2.05, 4.69) is 108 Å². The molecule has 2 aliphatic heterocycles. The van der Waals surface area contributed by atoms with Crippen LogP contribution in [0.2, 0.25) is 0 Å². The van der Waals surface area contributed by atoms with E-state index in [1.54, 1.807) is 6.20 Å². The number of hydrogen-bond donors (Lipinski definition) is 0. The number of unbranched alkanes of at least 4 members (excludes halogenated alkanes) is 1. The Bertz CT molecular complexity index is 3210. The van der Waals surface area contributed by atoms with E-state index in [4.69, 9.17) is 13.3 Å². The number of nitrogens with zero attached hydrogens (tertiary/aromatic N) is 8. The van der Waals surface area contributed by atoms with E-state index in [1.165, 1.54) is 0 Å². The average Bonchev–Trinajstić information content (AvgIpc) is 4.14. The van der Waals surface area contributed by atoms with Crippen LogP contribution in [0.1, 0.15) is 29.9 Å². The van der Waals surface area contributed by atoms with Crippen LogP contribution >= 0.6 is 0 Å². The van der Waals surface area contributed by atoms with Gasteiger partial charge in [0.15, 0.2) is 0 Å². The normalized spacial score (nSPS) is 13.7. The van der Waals surface area contributed by atoms with Gasteiger partial charge >= 0.3 is 0 Å². The molecule has 11 nitrogen and oxygen atoms in total. The smallest absolute Gasteiger partial charge is 0.216 e. The number of anilines is 2. The third-order valence-electron chi connectivity index (χ3n) is 11.2. The number of pyridine rings is 4. The Balaban J connectivity index is 0.000000188. The van der Waals surface area contributed by atoms with Gasteiger partial charge in [-0.2, -0.15) is 49.7 Å². The molecule has 0 saturated heterocycles. The number of aryl methyl sites for hydroxylation is 3. The second-order valence-electron chi connectivity index (χ2n) is 15.5. The fourth-order valence-electron chi connectivity index (χ4n) is 8.11. The number of furan rings is 3. The predicted octanol–water partition coefficient (Wildman–Crippen LogP) is 11.5. The molecule has 3 aromatic carbocycles. The van der Waals surface area contributed by atoms with Gasteiger partial charge in [0.05, 0.1) is 5.58 Å². The Morgan fingerprint density at radius 3 is 1.44 bits per heavy atom. The van der Waals surface area contributed by atoms with Gasteiger partial charge in [-0.3, -0.25) is 0 Å². The van der Waals surface area contributed by atoms with Crippen molar-refractivity contribution in [3.8, 4) is 11.3 Å². The van der Waals surface area contributed by atoms with Crippen LogP contribution < -0.4 is 9.80 Å². The van der Waals surface area contributed by atoms with E-state index in [9.17, 15) is 0 Å². The van der Waals surface area contributed by atoms with Crippen LogP contribution in [0.3, 0.4) is 0 Å². The van der Waals surface area contributed by atoms with E-state index >= 15 is 0 Å². The third-order valence-corrected chi connectivity index (χ3v) is 11.2. The van der Waals surface area contributed by atoms with Gasteiger partial charge in [0.1, 0.15) is 0 Å². The largest absolute Gasteiger partial charge is 0.508 e. The number of rotatable bonds is 8. The van der Waals surface area contributed by atoms with Gasteiger partial charge in [-0.05, 0) is 120 Å². The van der Waals surface area contributed by atoms with Crippen molar-refractivity contribution in [1.29, 1.82) is 0 Å². The second-order valence-corrected chi connectivity index (χ2v) is 15.5. The Labute approximate surface area is 377 Å². The number of hydrogen-bond acceptors (Lipinski definition) is 11. The summed E-state index contributed by atoms with van der Waals surface area (Å²) in [6.45, 7) is 11.9. The summed E-state index contributed by atoms with van der Waals surface area (Å²) < 4.78 is 18.3. The minimum atomic E-state index is 0. The number of aromatic nitrogens is 4. The van der Waals surface area contributed by atoms with E-state index in [-0.39, 0.29) is 20.1 Å². The first kappa shape index (κ1) is 40.1. The van der Waals surface area contributed by atoms with Gasteiger partial charge in [0.2, 0.25) is 17.1 Å². The molecule has 0 fully saturated rings. The van der Waals surface area contributed by atoms with Crippen molar-refractivity contribution in [1.82, 2.24) is 29.7 Å². The first-order valence-electron chi connectivity index (χ1n) is 20.6. The van der Waals surface area contributed by atoms with Crippen molar-refractivity contribution in [2.45, 2.75) is 33.6 Å². The zero-order valence-electron chi connectivity index (χ0n) is 34.7. The Hall–Kier alpha value is -7.01. The predicted molar refractivity (Wildman–Crippen MR) is 243 cm³/mol. The van der Waals surface area contributed by atoms with E-state index in [1.807, 2.05) is 99.6 Å². The first-order valence-corrected chi connectivity index (χ1v) is 20.6. The fraction of sp³-hybridized carbons (Fsp3) is 0.137. The zero-order chi connectivity index (χ0) is 41.7. The molecule has 7 aromatic heterocycles. The first-order chi connectivity index (χ1) is 30.4. The van der Waals surface area contributed by atoms with Crippen molar-refractivity contribution in [2.75, 3.05) is 22.9 Å². The molecule has 0 aliphatic carbocycles. The van der Waals surface area contributed by atoms with Gasteiger partial charge < -0.3 is 37.8 Å². The summed E-state index contributed by atoms with van der Waals surface area (Å²) in [6.07, 6.45) is 12.2. The summed E-state index contributed by atoms with van der Waals surface area (Å²) in [4.78, 5) is 26.5. The molecule has 63 heavy (non-hydrogen) atoms. The van der Waals surface area contributed by atoms with Gasteiger partial charge in [0, 0.05) is 70.7 Å². The third kappa shape index (κ3) is 7.55. The maximum absolute atomic E-state index is 6.16. The van der Waals surface area contributed by atoms with Crippen LogP contribution in [0.25, 0.3) is 77.5 Å². The van der Waals surface area contributed by atoms with Crippen LogP contribution in [0.15, 0.2) is 135 Å². The molecule has 0 N–H and O–H groups in total. The molecule has 1 radical (unpaired) electrons. The summed E-state index contributed by atoms with van der Waals surface area (Å²) in [7, 11) is 0. The minimum absolute atomic E-state index is 0. The van der Waals surface area contributed by atoms with E-state index in [0.717, 1.165) is 115 Å². The minimum Gasteiger partial charge on any atom is -0.508 e. The molecule has 0 unspecified atom stereocenters. The summed E-state index contributed by atoms with van der Waals surface area (Å²) in [6, 6.07) is 39.8. The molecular weight excluding hydrogens is 965 g/mol. The van der Waals surface area contributed by atoms with Gasteiger partial charge in [0.25, 0.3) is 0 Å². The van der Waals surface area contributed by atoms with E-state index < -0.39 is 0 Å². The van der Waals surface area contributed by atoms with Crippen LogP contribution in [-0.4, -0.2) is 42.8 Å². The summed E-state index contributed by atoms with van der Waals surface area (Å²) >= 11 is 0. The molecule has 0 spiro atoms. The quantitative estimate of drug-likeness (QED) is 0.107. The fourth-order valence-corrected chi connectivity index (χ4v) is 8.11. The molecular formula is C51H39IrN8O3-5. The summed E-state index contributed by atoms with van der Waals surface area (Å²) in [5, 5.41) is 6.23. The monoisotopic (exact) mass is 1000 g/mol. The zero-order valence-corrected chi connectivity index (χ0v) is 37.1. The van der Waals surface area contributed by atoms with Crippen molar-refractivity contribution in [3.63, 3.8) is 0 Å². The molecule has 10 aromatic rings. The molecule has 2 aliphatic rings. The maximum Gasteiger partial charge on any atom is 0.216 e. The molecule has 9 heterocycles. The maximum atomic E-state index is 6.16. The average molecular weight is 1000 g/mol. The van der Waals surface area contributed by atoms with Gasteiger partial charge in [-0.25, -0.2) is 15.0 Å². The van der Waals surface area contributed by atoms with Gasteiger partial charge in [-0.15, -0.1) is 18.2 Å². The summed E-state index contributed by atoms with van der Waals surface area (Å²) in [5.74, 6) is 0. The summed E-state index contributed by atoms with van der Waals surface area (Å²) in [5.41, 5.74) is 10.7. The Morgan fingerprint density at radius 2 is 0.968 bits per heavy atom. The molecule has 12 rings (SSSR count). The molecule has 315 valence electrons. The molecule has 0 amide bonds. The second kappa shape index (κ2) is 16.7. The Kier molecular flexibility index (Phi) is 10.6. The van der Waals surface area contributed by atoms with Crippen molar-refractivity contribution in [2.24, 2.45) is 0 Å². The molecule has 0 atom stereocenters. The number of fused-ring (bicyclic) bond motifs is 9. The standard InChI is InChI=1S/C34H28N6O2.C17H11N2O.Ir/c1-23-11-13-27-25-7-5-9-29(31(25)41-33(27)35-23)39-19-17-37(21-39)15-3-4-16-38-18-20-40(22-38)30-10-6-8-26-28-14-12-24(2)36-34(28)42-32(26)30;1-11-8-9-13-12-5-4-6-14(15-7-2-3-10-18-15)16(12)20-17(13)19-11;/h5-8,11-14,17-22H,3-4,15-16H2,1-2H3;2-5,7-10H,1H3;/q-4;-1;. The van der Waals surface area contributed by atoms with E-state index in [0.29, 0.717) is 17.1 Å². The van der Waals surface area contributed by atoms with Crippen LogP contribution in [-0.2, 0) is 20.1 Å². The van der Waals surface area contributed by atoms with Crippen LogP contribution in [0.4, 0.5) is 11.4 Å². The van der Waals surface area contributed by atoms with Crippen LogP contribution in [0.5, 0.6) is 0 Å². The van der Waals surface area contributed by atoms with Crippen molar-refractivity contribution in [3.05, 3.63) is 171 Å². The Morgan fingerprint density at radius 1 is 0.508 bits per heavy atom. The topological polar surface area (TPSA) is 104 Å². The molecule has 12 heteroatoms. The van der Waals surface area contributed by atoms with Crippen molar-refractivity contribution >= 4 is 77.6 Å².